The van der Waals surface area contributed by atoms with Crippen LogP contribution in [0.4, 0.5) is 20.6 Å². The first kappa shape index (κ1) is 18.9. The van der Waals surface area contributed by atoms with Gasteiger partial charge in [0, 0.05) is 5.69 Å². The van der Waals surface area contributed by atoms with Gasteiger partial charge in [-0.2, -0.15) is 0 Å². The van der Waals surface area contributed by atoms with Gasteiger partial charge in [-0.05, 0) is 37.6 Å². The Labute approximate surface area is 161 Å². The van der Waals surface area contributed by atoms with Crippen LogP contribution >= 0.6 is 11.3 Å². The maximum absolute atomic E-state index is 12.4. The van der Waals surface area contributed by atoms with E-state index in [1.54, 1.807) is 31.2 Å². The molecule has 1 heterocycles. The summed E-state index contributed by atoms with van der Waals surface area (Å²) >= 11 is 1.05. The van der Waals surface area contributed by atoms with Crippen LogP contribution in [0.15, 0.2) is 59.5 Å². The van der Waals surface area contributed by atoms with Gasteiger partial charge in [0.1, 0.15) is 5.00 Å². The largest absolute Gasteiger partial charge is 0.324 e. The number of para-hydroxylation sites is 1. The van der Waals surface area contributed by atoms with Gasteiger partial charge in [-0.25, -0.2) is 18.2 Å². The smallest absolute Gasteiger partial charge is 0.307 e. The maximum Gasteiger partial charge on any atom is 0.324 e. The summed E-state index contributed by atoms with van der Waals surface area (Å²) < 4.78 is 27.2. The van der Waals surface area contributed by atoms with Crippen molar-refractivity contribution < 1.29 is 13.2 Å². The molecule has 0 unspecified atom stereocenters. The number of thiazole rings is 1. The molecular weight excluding hydrogens is 384 g/mol. The highest BCUT2D eigenvalue weighted by atomic mass is 32.2. The maximum atomic E-state index is 12.4. The SMILES string of the molecule is Cc1ccccc1NC(=O)Nc1sc(NS(=O)(=O)c2ccccc2)nc1C. The van der Waals surface area contributed by atoms with Gasteiger partial charge >= 0.3 is 6.03 Å². The standard InChI is InChI=1S/C18H18N4O3S2/c1-12-8-6-7-11-15(12)20-17(23)21-16-13(2)19-18(26-16)22-27(24,25)14-9-4-3-5-10-14/h3-11H,1-2H3,(H,19,22)(H2,20,21,23). The Morgan fingerprint density at radius 1 is 0.963 bits per heavy atom. The van der Waals surface area contributed by atoms with Gasteiger partial charge in [0.25, 0.3) is 10.0 Å². The molecule has 0 saturated heterocycles. The molecule has 9 heteroatoms. The van der Waals surface area contributed by atoms with E-state index in [4.69, 9.17) is 0 Å². The van der Waals surface area contributed by atoms with Crippen molar-refractivity contribution in [2.75, 3.05) is 15.4 Å². The van der Waals surface area contributed by atoms with E-state index in [1.807, 2.05) is 25.1 Å². The molecule has 0 aliphatic rings. The van der Waals surface area contributed by atoms with E-state index in [1.165, 1.54) is 12.1 Å². The number of aromatic nitrogens is 1. The number of benzene rings is 2. The number of hydrogen-bond acceptors (Lipinski definition) is 5. The molecular formula is C18H18N4O3S2. The fourth-order valence-corrected chi connectivity index (χ4v) is 4.42. The zero-order chi connectivity index (χ0) is 19.4. The number of nitrogens with zero attached hydrogens (tertiary/aromatic N) is 1. The highest BCUT2D eigenvalue weighted by molar-refractivity contribution is 7.93. The average Bonchev–Trinajstić information content (AvgIpc) is 2.96. The summed E-state index contributed by atoms with van der Waals surface area (Å²) in [5.74, 6) is 0. The number of carbonyl (C=O) groups excluding carboxylic acids is 1. The summed E-state index contributed by atoms with van der Waals surface area (Å²) in [6.45, 7) is 3.59. The van der Waals surface area contributed by atoms with Gasteiger partial charge in [-0.1, -0.05) is 47.7 Å². The lowest BCUT2D eigenvalue weighted by Crippen LogP contribution is -2.19. The lowest BCUT2D eigenvalue weighted by atomic mass is 10.2. The Balaban J connectivity index is 1.71. The van der Waals surface area contributed by atoms with E-state index >= 15 is 0 Å². The molecule has 0 spiro atoms. The lowest BCUT2D eigenvalue weighted by molar-refractivity contribution is 0.262. The van der Waals surface area contributed by atoms with Crippen molar-refractivity contribution in [3.8, 4) is 0 Å². The number of amides is 2. The molecule has 0 atom stereocenters. The number of aryl methyl sites for hydroxylation is 2. The molecule has 7 nitrogen and oxygen atoms in total. The molecule has 140 valence electrons. The third-order valence-corrected chi connectivity index (χ3v) is 6.16. The fraction of sp³-hybridized carbons (Fsp3) is 0.111. The third kappa shape index (κ3) is 4.63. The molecule has 3 N–H and O–H groups in total. The Hall–Kier alpha value is -2.91. The van der Waals surface area contributed by atoms with E-state index in [0.29, 0.717) is 16.4 Å². The zero-order valence-electron chi connectivity index (χ0n) is 14.7. The van der Waals surface area contributed by atoms with Gasteiger partial charge in [0.15, 0.2) is 5.13 Å². The van der Waals surface area contributed by atoms with Crippen molar-refractivity contribution >= 4 is 43.2 Å². The van der Waals surface area contributed by atoms with Crippen LogP contribution in [-0.2, 0) is 10.0 Å². The lowest BCUT2D eigenvalue weighted by Gasteiger charge is -2.08. The number of nitrogens with one attached hydrogen (secondary N) is 3. The second kappa shape index (κ2) is 7.77. The number of carbonyl (C=O) groups is 1. The second-order valence-electron chi connectivity index (χ2n) is 5.75. The Kier molecular flexibility index (Phi) is 5.43. The van der Waals surface area contributed by atoms with Crippen LogP contribution in [-0.4, -0.2) is 19.4 Å². The molecule has 0 bridgehead atoms. The number of anilines is 3. The molecule has 0 aliphatic carbocycles. The van der Waals surface area contributed by atoms with E-state index in [2.05, 4.69) is 20.3 Å². The summed E-state index contributed by atoms with van der Waals surface area (Å²) in [5, 5.41) is 6.11. The molecule has 0 aliphatic heterocycles. The zero-order valence-corrected chi connectivity index (χ0v) is 16.3. The first-order valence-electron chi connectivity index (χ1n) is 8.04. The van der Waals surface area contributed by atoms with Crippen molar-refractivity contribution in [3.63, 3.8) is 0 Å². The number of hydrogen-bond donors (Lipinski definition) is 3. The quantitative estimate of drug-likeness (QED) is 0.595. The minimum atomic E-state index is -3.73. The van der Waals surface area contributed by atoms with Gasteiger partial charge in [0.05, 0.1) is 10.6 Å². The molecule has 3 aromatic rings. The number of urea groups is 1. The van der Waals surface area contributed by atoms with Crippen LogP contribution in [0, 0.1) is 13.8 Å². The van der Waals surface area contributed by atoms with Gasteiger partial charge < -0.3 is 5.32 Å². The van der Waals surface area contributed by atoms with Gasteiger partial charge in [-0.15, -0.1) is 0 Å². The highest BCUT2D eigenvalue weighted by Crippen LogP contribution is 2.29. The second-order valence-corrected chi connectivity index (χ2v) is 8.43. The number of rotatable bonds is 5. The van der Waals surface area contributed by atoms with E-state index < -0.39 is 16.1 Å². The van der Waals surface area contributed by atoms with Crippen LogP contribution in [0.2, 0.25) is 0 Å². The molecule has 0 radical (unpaired) electrons. The monoisotopic (exact) mass is 402 g/mol. The Bertz CT molecular complexity index is 1060. The van der Waals surface area contributed by atoms with Crippen LogP contribution < -0.4 is 15.4 Å². The average molecular weight is 403 g/mol. The molecule has 0 fully saturated rings. The summed E-state index contributed by atoms with van der Waals surface area (Å²) in [5.41, 5.74) is 2.15. The summed E-state index contributed by atoms with van der Waals surface area (Å²) in [6.07, 6.45) is 0. The van der Waals surface area contributed by atoms with Crippen molar-refractivity contribution in [2.24, 2.45) is 0 Å². The predicted molar refractivity (Wildman–Crippen MR) is 108 cm³/mol. The highest BCUT2D eigenvalue weighted by Gasteiger charge is 2.18. The normalized spacial score (nSPS) is 11.0. The third-order valence-electron chi connectivity index (χ3n) is 3.69. The molecule has 2 amide bonds. The summed E-state index contributed by atoms with van der Waals surface area (Å²) in [7, 11) is -3.73. The van der Waals surface area contributed by atoms with Crippen molar-refractivity contribution in [3.05, 3.63) is 65.9 Å². The first-order chi connectivity index (χ1) is 12.8. The van der Waals surface area contributed by atoms with E-state index in [9.17, 15) is 13.2 Å². The molecule has 2 aromatic carbocycles. The summed E-state index contributed by atoms with van der Waals surface area (Å²) in [4.78, 5) is 16.5. The molecule has 0 saturated carbocycles. The van der Waals surface area contributed by atoms with Crippen LogP contribution in [0.25, 0.3) is 0 Å². The van der Waals surface area contributed by atoms with Crippen LogP contribution in [0.3, 0.4) is 0 Å². The molecule has 1 aromatic heterocycles. The number of sulfonamides is 1. The van der Waals surface area contributed by atoms with Crippen molar-refractivity contribution in [1.29, 1.82) is 0 Å². The fourth-order valence-electron chi connectivity index (χ4n) is 2.30. The van der Waals surface area contributed by atoms with Crippen molar-refractivity contribution in [2.45, 2.75) is 18.7 Å². The predicted octanol–water partition coefficient (Wildman–Crippen LogP) is 4.20. The Morgan fingerprint density at radius 2 is 1.63 bits per heavy atom. The summed E-state index contributed by atoms with van der Waals surface area (Å²) in [6, 6.07) is 15.0. The minimum Gasteiger partial charge on any atom is -0.307 e. The van der Waals surface area contributed by atoms with Gasteiger partial charge in [0.2, 0.25) is 0 Å². The molecule has 27 heavy (non-hydrogen) atoms. The first-order valence-corrected chi connectivity index (χ1v) is 10.3. The van der Waals surface area contributed by atoms with Crippen LogP contribution in [0.5, 0.6) is 0 Å². The molecule has 3 rings (SSSR count). The topological polar surface area (TPSA) is 100 Å². The van der Waals surface area contributed by atoms with E-state index in [-0.39, 0.29) is 10.0 Å². The Morgan fingerprint density at radius 3 is 2.33 bits per heavy atom. The van der Waals surface area contributed by atoms with Crippen molar-refractivity contribution in [1.82, 2.24) is 4.98 Å². The van der Waals surface area contributed by atoms with E-state index in [0.717, 1.165) is 16.9 Å². The minimum absolute atomic E-state index is 0.143. The van der Waals surface area contributed by atoms with Gasteiger partial charge in [-0.3, -0.25) is 10.0 Å². The van der Waals surface area contributed by atoms with Crippen LogP contribution in [0.1, 0.15) is 11.3 Å².